The third-order valence-corrected chi connectivity index (χ3v) is 4.70. The molecule has 0 radical (unpaired) electrons. The lowest BCUT2D eigenvalue weighted by Crippen LogP contribution is -2.30. The van der Waals surface area contributed by atoms with Crippen LogP contribution < -0.4 is 9.64 Å². The van der Waals surface area contributed by atoms with Crippen molar-refractivity contribution in [2.75, 3.05) is 4.90 Å². The number of ether oxygens (including phenoxy) is 1. The summed E-state index contributed by atoms with van der Waals surface area (Å²) in [7, 11) is 0. The van der Waals surface area contributed by atoms with Crippen LogP contribution in [-0.4, -0.2) is 17.8 Å². The topological polar surface area (TPSA) is 63.7 Å². The molecule has 1 aliphatic heterocycles. The maximum atomic E-state index is 12.7. The fraction of sp³-hybridized carbons (Fsp3) is 0.389. The van der Waals surface area contributed by atoms with Gasteiger partial charge in [0.2, 0.25) is 11.8 Å². The average molecular weight is 313 g/mol. The van der Waals surface area contributed by atoms with Gasteiger partial charge in [-0.25, -0.2) is 0 Å². The first kappa shape index (κ1) is 15.5. The second-order valence-corrected chi connectivity index (χ2v) is 6.28. The number of nitrogens with zero attached hydrogens (tertiary/aromatic N) is 1. The molecule has 0 N–H and O–H groups in total. The van der Waals surface area contributed by atoms with Crippen molar-refractivity contribution >= 4 is 23.5 Å². The predicted octanol–water partition coefficient (Wildman–Crippen LogP) is 2.85. The molecule has 1 fully saturated rings. The third kappa shape index (κ3) is 2.67. The molecule has 5 nitrogen and oxygen atoms in total. The first-order valence-corrected chi connectivity index (χ1v) is 7.70. The summed E-state index contributed by atoms with van der Waals surface area (Å²) in [6, 6.07) is 6.46. The largest absolute Gasteiger partial charge is 0.427 e. The Morgan fingerprint density at radius 1 is 1.00 bits per heavy atom. The minimum Gasteiger partial charge on any atom is -0.427 e. The van der Waals surface area contributed by atoms with Crippen LogP contribution in [0, 0.1) is 11.8 Å². The van der Waals surface area contributed by atoms with Crippen LogP contribution in [0.15, 0.2) is 35.4 Å². The van der Waals surface area contributed by atoms with Crippen molar-refractivity contribution in [3.8, 4) is 5.75 Å². The van der Waals surface area contributed by atoms with Crippen LogP contribution in [0.25, 0.3) is 0 Å². The summed E-state index contributed by atoms with van der Waals surface area (Å²) in [6.45, 7) is 5.38. The molecule has 23 heavy (non-hydrogen) atoms. The second kappa shape index (κ2) is 5.65. The Morgan fingerprint density at radius 2 is 1.48 bits per heavy atom. The maximum Gasteiger partial charge on any atom is 0.308 e. The van der Waals surface area contributed by atoms with Gasteiger partial charge in [-0.05, 0) is 51.0 Å². The zero-order valence-electron chi connectivity index (χ0n) is 13.5. The molecule has 1 aromatic carbocycles. The predicted molar refractivity (Wildman–Crippen MR) is 84.8 cm³/mol. The minimum absolute atomic E-state index is 0.132. The van der Waals surface area contributed by atoms with E-state index in [0.29, 0.717) is 24.3 Å². The highest BCUT2D eigenvalue weighted by Gasteiger charge is 2.49. The second-order valence-electron chi connectivity index (χ2n) is 6.28. The summed E-state index contributed by atoms with van der Waals surface area (Å²) in [5.74, 6) is -0.780. The molecule has 1 aromatic rings. The highest BCUT2D eigenvalue weighted by atomic mass is 16.5. The summed E-state index contributed by atoms with van der Waals surface area (Å²) in [4.78, 5) is 37.5. The molecule has 2 atom stereocenters. The number of amides is 2. The molecule has 0 saturated carbocycles. The molecule has 3 rings (SSSR count). The molecule has 5 heteroatoms. The van der Waals surface area contributed by atoms with E-state index in [9.17, 15) is 14.4 Å². The number of esters is 1. The summed E-state index contributed by atoms with van der Waals surface area (Å²) >= 11 is 0. The normalized spacial score (nSPS) is 24.0. The van der Waals surface area contributed by atoms with Crippen LogP contribution in [0.1, 0.15) is 33.6 Å². The van der Waals surface area contributed by atoms with E-state index in [1.165, 1.54) is 23.0 Å². The first-order valence-electron chi connectivity index (χ1n) is 7.70. The smallest absolute Gasteiger partial charge is 0.308 e. The molecule has 1 heterocycles. The SMILES string of the molecule is CC(=O)Oc1ccc(N2C(=O)[C@H]3CC(C)=C(C)C[C@H]3C2=O)cc1. The Labute approximate surface area is 134 Å². The van der Waals surface area contributed by atoms with Gasteiger partial charge in [-0.1, -0.05) is 11.1 Å². The van der Waals surface area contributed by atoms with E-state index in [2.05, 4.69) is 0 Å². The van der Waals surface area contributed by atoms with Gasteiger partial charge in [0, 0.05) is 6.92 Å². The van der Waals surface area contributed by atoms with E-state index in [1.807, 2.05) is 13.8 Å². The number of rotatable bonds is 2. The van der Waals surface area contributed by atoms with E-state index in [0.717, 1.165) is 0 Å². The Kier molecular flexibility index (Phi) is 3.80. The standard InChI is InChI=1S/C18H19NO4/c1-10-8-15-16(9-11(10)2)18(22)19(17(15)21)13-4-6-14(7-5-13)23-12(3)20/h4-7,15-16H,8-9H2,1-3H3/t15-,16+. The van der Waals surface area contributed by atoms with Gasteiger partial charge in [0.1, 0.15) is 5.75 Å². The van der Waals surface area contributed by atoms with Crippen LogP contribution in [-0.2, 0) is 14.4 Å². The summed E-state index contributed by atoms with van der Waals surface area (Å²) in [5, 5.41) is 0. The van der Waals surface area contributed by atoms with Gasteiger partial charge >= 0.3 is 5.97 Å². The van der Waals surface area contributed by atoms with E-state index >= 15 is 0 Å². The van der Waals surface area contributed by atoms with Crippen molar-refractivity contribution in [2.45, 2.75) is 33.6 Å². The van der Waals surface area contributed by atoms with E-state index in [1.54, 1.807) is 24.3 Å². The zero-order valence-corrected chi connectivity index (χ0v) is 13.5. The number of fused-ring (bicyclic) bond motifs is 1. The molecule has 1 saturated heterocycles. The number of hydrogen-bond acceptors (Lipinski definition) is 4. The van der Waals surface area contributed by atoms with Crippen molar-refractivity contribution in [3.05, 3.63) is 35.4 Å². The monoisotopic (exact) mass is 313 g/mol. The van der Waals surface area contributed by atoms with Crippen LogP contribution in [0.4, 0.5) is 5.69 Å². The fourth-order valence-corrected chi connectivity index (χ4v) is 3.34. The molecular formula is C18H19NO4. The lowest BCUT2D eigenvalue weighted by molar-refractivity contribution is -0.132. The van der Waals surface area contributed by atoms with Crippen molar-refractivity contribution in [1.29, 1.82) is 0 Å². The Morgan fingerprint density at radius 3 is 1.91 bits per heavy atom. The van der Waals surface area contributed by atoms with Gasteiger partial charge in [-0.2, -0.15) is 0 Å². The van der Waals surface area contributed by atoms with Gasteiger partial charge in [-0.15, -0.1) is 0 Å². The molecule has 1 aliphatic carbocycles. The van der Waals surface area contributed by atoms with Gasteiger partial charge < -0.3 is 4.74 Å². The van der Waals surface area contributed by atoms with Crippen LogP contribution in [0.5, 0.6) is 5.75 Å². The minimum atomic E-state index is -0.408. The number of hydrogen-bond donors (Lipinski definition) is 0. The lowest BCUT2D eigenvalue weighted by Gasteiger charge is -2.23. The van der Waals surface area contributed by atoms with Crippen LogP contribution in [0.3, 0.4) is 0 Å². The highest BCUT2D eigenvalue weighted by Crippen LogP contribution is 2.42. The molecule has 0 aromatic heterocycles. The molecule has 2 aliphatic rings. The average Bonchev–Trinajstić information content (AvgIpc) is 2.72. The number of allylic oxidation sites excluding steroid dienone is 2. The number of carbonyl (C=O) groups excluding carboxylic acids is 3. The number of imide groups is 1. The Bertz CT molecular complexity index is 685. The highest BCUT2D eigenvalue weighted by molar-refractivity contribution is 6.22. The third-order valence-electron chi connectivity index (χ3n) is 4.70. The fourth-order valence-electron chi connectivity index (χ4n) is 3.34. The zero-order chi connectivity index (χ0) is 16.7. The summed E-state index contributed by atoms with van der Waals surface area (Å²) in [6.07, 6.45) is 1.31. The van der Waals surface area contributed by atoms with Crippen molar-refractivity contribution in [1.82, 2.24) is 0 Å². The number of carbonyl (C=O) groups is 3. The molecule has 0 bridgehead atoms. The van der Waals surface area contributed by atoms with Gasteiger partial charge in [0.15, 0.2) is 0 Å². The quantitative estimate of drug-likeness (QED) is 0.364. The van der Waals surface area contributed by atoms with Crippen LogP contribution >= 0.6 is 0 Å². The van der Waals surface area contributed by atoms with E-state index in [-0.39, 0.29) is 23.7 Å². The Hall–Kier alpha value is -2.43. The van der Waals surface area contributed by atoms with Gasteiger partial charge in [-0.3, -0.25) is 19.3 Å². The number of anilines is 1. The summed E-state index contributed by atoms with van der Waals surface area (Å²) in [5.41, 5.74) is 2.94. The van der Waals surface area contributed by atoms with E-state index in [4.69, 9.17) is 4.74 Å². The van der Waals surface area contributed by atoms with Crippen molar-refractivity contribution in [2.24, 2.45) is 11.8 Å². The number of benzene rings is 1. The van der Waals surface area contributed by atoms with Crippen LogP contribution in [0.2, 0.25) is 0 Å². The van der Waals surface area contributed by atoms with Gasteiger partial charge in [0.05, 0.1) is 17.5 Å². The van der Waals surface area contributed by atoms with Crippen molar-refractivity contribution < 1.29 is 19.1 Å². The molecule has 0 spiro atoms. The van der Waals surface area contributed by atoms with Gasteiger partial charge in [0.25, 0.3) is 0 Å². The van der Waals surface area contributed by atoms with E-state index < -0.39 is 5.97 Å². The molecule has 2 amide bonds. The van der Waals surface area contributed by atoms with Crippen molar-refractivity contribution in [3.63, 3.8) is 0 Å². The summed E-state index contributed by atoms with van der Waals surface area (Å²) < 4.78 is 4.97. The Balaban J connectivity index is 1.86. The lowest BCUT2D eigenvalue weighted by atomic mass is 9.78. The molecule has 0 unspecified atom stereocenters. The first-order chi connectivity index (χ1) is 10.9. The molecule has 120 valence electrons. The maximum absolute atomic E-state index is 12.7. The molecular weight excluding hydrogens is 294 g/mol.